The third kappa shape index (κ3) is 2.70. The van der Waals surface area contributed by atoms with E-state index in [-0.39, 0.29) is 0 Å². The summed E-state index contributed by atoms with van der Waals surface area (Å²) in [6, 6.07) is 7.25. The molecule has 0 saturated carbocycles. The summed E-state index contributed by atoms with van der Waals surface area (Å²) >= 11 is 0. The van der Waals surface area contributed by atoms with Gasteiger partial charge in [-0.05, 0) is 37.0 Å². The van der Waals surface area contributed by atoms with Crippen molar-refractivity contribution in [2.24, 2.45) is 0 Å². The average Bonchev–Trinajstić information content (AvgIpc) is 2.35. The molecular formula is C15H24N2. The second-order valence-corrected chi connectivity index (χ2v) is 5.02. The third-order valence-electron chi connectivity index (χ3n) is 3.85. The fourth-order valence-electron chi connectivity index (χ4n) is 2.99. The average molecular weight is 232 g/mol. The monoisotopic (exact) mass is 232 g/mol. The number of hydrogen-bond acceptors (Lipinski definition) is 2. The molecule has 1 fully saturated rings. The summed E-state index contributed by atoms with van der Waals surface area (Å²) in [4.78, 5) is 2.63. The summed E-state index contributed by atoms with van der Waals surface area (Å²) < 4.78 is 0. The standard InChI is InChI=1S/C15H24N2/c1-4-14(17-10-8-16-9-11-17)15-12(2)6-5-7-13(15)3/h5-7,14,16H,4,8-11H2,1-3H3/t14-/m0/s1. The van der Waals surface area contributed by atoms with Gasteiger partial charge in [-0.3, -0.25) is 4.90 Å². The molecule has 0 spiro atoms. The number of hydrogen-bond donors (Lipinski definition) is 1. The molecule has 1 N–H and O–H groups in total. The lowest BCUT2D eigenvalue weighted by molar-refractivity contribution is 0.168. The first-order chi connectivity index (χ1) is 8.24. The Balaban J connectivity index is 2.27. The molecule has 1 aromatic carbocycles. The van der Waals surface area contributed by atoms with E-state index in [1.165, 1.54) is 30.6 Å². The Kier molecular flexibility index (Phi) is 4.19. The van der Waals surface area contributed by atoms with Gasteiger partial charge in [-0.2, -0.15) is 0 Å². The van der Waals surface area contributed by atoms with Crippen LogP contribution in [0.5, 0.6) is 0 Å². The van der Waals surface area contributed by atoms with E-state index in [0.717, 1.165) is 13.1 Å². The highest BCUT2D eigenvalue weighted by atomic mass is 15.2. The second-order valence-electron chi connectivity index (χ2n) is 5.02. The Morgan fingerprint density at radius 3 is 2.29 bits per heavy atom. The number of piperazine rings is 1. The van der Waals surface area contributed by atoms with Crippen LogP contribution < -0.4 is 5.32 Å². The summed E-state index contributed by atoms with van der Waals surface area (Å²) in [6.45, 7) is 11.4. The largest absolute Gasteiger partial charge is 0.314 e. The first kappa shape index (κ1) is 12.6. The molecule has 0 aromatic heterocycles. The fraction of sp³-hybridized carbons (Fsp3) is 0.600. The molecule has 2 nitrogen and oxygen atoms in total. The van der Waals surface area contributed by atoms with Gasteiger partial charge in [0.25, 0.3) is 0 Å². The first-order valence-corrected chi connectivity index (χ1v) is 6.75. The summed E-state index contributed by atoms with van der Waals surface area (Å²) in [7, 11) is 0. The number of benzene rings is 1. The summed E-state index contributed by atoms with van der Waals surface area (Å²) in [5.41, 5.74) is 4.43. The molecule has 94 valence electrons. The molecule has 1 heterocycles. The zero-order valence-corrected chi connectivity index (χ0v) is 11.3. The van der Waals surface area contributed by atoms with Gasteiger partial charge in [0.1, 0.15) is 0 Å². The van der Waals surface area contributed by atoms with Crippen molar-refractivity contribution in [3.05, 3.63) is 34.9 Å². The fourth-order valence-corrected chi connectivity index (χ4v) is 2.99. The summed E-state index contributed by atoms with van der Waals surface area (Å²) in [5.74, 6) is 0. The zero-order chi connectivity index (χ0) is 12.3. The minimum atomic E-state index is 0.596. The zero-order valence-electron chi connectivity index (χ0n) is 11.3. The highest BCUT2D eigenvalue weighted by Gasteiger charge is 2.22. The van der Waals surface area contributed by atoms with Crippen molar-refractivity contribution >= 4 is 0 Å². The van der Waals surface area contributed by atoms with Crippen molar-refractivity contribution in [2.45, 2.75) is 33.2 Å². The first-order valence-electron chi connectivity index (χ1n) is 6.75. The van der Waals surface area contributed by atoms with Gasteiger partial charge >= 0.3 is 0 Å². The smallest absolute Gasteiger partial charge is 0.0351 e. The molecule has 1 saturated heterocycles. The van der Waals surface area contributed by atoms with Crippen LogP contribution in [0.3, 0.4) is 0 Å². The van der Waals surface area contributed by atoms with Crippen LogP contribution in [-0.2, 0) is 0 Å². The second kappa shape index (κ2) is 5.65. The van der Waals surface area contributed by atoms with Crippen LogP contribution in [0.15, 0.2) is 18.2 Å². The van der Waals surface area contributed by atoms with Gasteiger partial charge in [0.2, 0.25) is 0 Å². The quantitative estimate of drug-likeness (QED) is 0.862. The molecule has 0 unspecified atom stereocenters. The molecule has 2 heteroatoms. The number of rotatable bonds is 3. The van der Waals surface area contributed by atoms with Crippen molar-refractivity contribution in [3.63, 3.8) is 0 Å². The topological polar surface area (TPSA) is 15.3 Å². The Morgan fingerprint density at radius 2 is 1.76 bits per heavy atom. The molecule has 0 aliphatic carbocycles. The van der Waals surface area contributed by atoms with Gasteiger partial charge in [-0.1, -0.05) is 25.1 Å². The molecule has 17 heavy (non-hydrogen) atoms. The van der Waals surface area contributed by atoms with Crippen LogP contribution in [0.4, 0.5) is 0 Å². The van der Waals surface area contributed by atoms with Crippen LogP contribution in [0.1, 0.15) is 36.1 Å². The van der Waals surface area contributed by atoms with E-state index in [2.05, 4.69) is 49.2 Å². The Morgan fingerprint density at radius 1 is 1.18 bits per heavy atom. The molecule has 1 atom stereocenters. The van der Waals surface area contributed by atoms with E-state index in [1.807, 2.05) is 0 Å². The Hall–Kier alpha value is -0.860. The van der Waals surface area contributed by atoms with Gasteiger partial charge in [-0.15, -0.1) is 0 Å². The van der Waals surface area contributed by atoms with Crippen LogP contribution in [-0.4, -0.2) is 31.1 Å². The van der Waals surface area contributed by atoms with Gasteiger partial charge < -0.3 is 5.32 Å². The molecule has 1 aliphatic heterocycles. The lowest BCUT2D eigenvalue weighted by atomic mass is 9.93. The molecule has 1 aromatic rings. The van der Waals surface area contributed by atoms with Crippen molar-refractivity contribution in [1.82, 2.24) is 10.2 Å². The molecule has 1 aliphatic rings. The van der Waals surface area contributed by atoms with Crippen LogP contribution in [0, 0.1) is 13.8 Å². The van der Waals surface area contributed by atoms with Crippen LogP contribution >= 0.6 is 0 Å². The number of nitrogens with one attached hydrogen (secondary N) is 1. The maximum absolute atomic E-state index is 3.43. The van der Waals surface area contributed by atoms with E-state index in [0.29, 0.717) is 6.04 Å². The lowest BCUT2D eigenvalue weighted by Gasteiger charge is -2.36. The van der Waals surface area contributed by atoms with Crippen molar-refractivity contribution < 1.29 is 0 Å². The highest BCUT2D eigenvalue weighted by molar-refractivity contribution is 5.36. The van der Waals surface area contributed by atoms with Gasteiger partial charge in [0.05, 0.1) is 0 Å². The SMILES string of the molecule is CC[C@@H](c1c(C)cccc1C)N1CCNCC1. The predicted octanol–water partition coefficient (Wildman–Crippen LogP) is 2.66. The number of aryl methyl sites for hydroxylation is 2. The van der Waals surface area contributed by atoms with E-state index in [9.17, 15) is 0 Å². The van der Waals surface area contributed by atoms with E-state index >= 15 is 0 Å². The molecule has 0 amide bonds. The summed E-state index contributed by atoms with van der Waals surface area (Å²) in [6.07, 6.45) is 1.20. The van der Waals surface area contributed by atoms with E-state index < -0.39 is 0 Å². The maximum Gasteiger partial charge on any atom is 0.0351 e. The highest BCUT2D eigenvalue weighted by Crippen LogP contribution is 2.29. The summed E-state index contributed by atoms with van der Waals surface area (Å²) in [5, 5.41) is 3.43. The van der Waals surface area contributed by atoms with Crippen molar-refractivity contribution in [3.8, 4) is 0 Å². The molecular weight excluding hydrogens is 208 g/mol. The Bertz CT molecular complexity index is 347. The maximum atomic E-state index is 3.43. The van der Waals surface area contributed by atoms with Crippen molar-refractivity contribution in [2.75, 3.05) is 26.2 Å². The third-order valence-corrected chi connectivity index (χ3v) is 3.85. The van der Waals surface area contributed by atoms with Gasteiger partial charge in [-0.25, -0.2) is 0 Å². The lowest BCUT2D eigenvalue weighted by Crippen LogP contribution is -2.45. The van der Waals surface area contributed by atoms with Crippen molar-refractivity contribution in [1.29, 1.82) is 0 Å². The number of nitrogens with zero attached hydrogens (tertiary/aromatic N) is 1. The van der Waals surface area contributed by atoms with Crippen LogP contribution in [0.2, 0.25) is 0 Å². The molecule has 0 radical (unpaired) electrons. The minimum absolute atomic E-state index is 0.596. The minimum Gasteiger partial charge on any atom is -0.314 e. The predicted molar refractivity (Wildman–Crippen MR) is 73.4 cm³/mol. The molecule has 0 bridgehead atoms. The van der Waals surface area contributed by atoms with Gasteiger partial charge in [0.15, 0.2) is 0 Å². The van der Waals surface area contributed by atoms with Gasteiger partial charge in [0, 0.05) is 32.2 Å². The van der Waals surface area contributed by atoms with E-state index in [4.69, 9.17) is 0 Å². The Labute approximate surface area is 105 Å². The molecule has 2 rings (SSSR count). The van der Waals surface area contributed by atoms with E-state index in [1.54, 1.807) is 5.56 Å². The normalized spacial score (nSPS) is 19.2. The van der Waals surface area contributed by atoms with Crippen LogP contribution in [0.25, 0.3) is 0 Å².